The Bertz CT molecular complexity index is 658. The van der Waals surface area contributed by atoms with Crippen molar-refractivity contribution in [3.8, 4) is 5.88 Å². The number of rotatable bonds is 4. The summed E-state index contributed by atoms with van der Waals surface area (Å²) in [5.74, 6) is 1.52. The molecule has 1 aromatic heterocycles. The molecule has 2 saturated heterocycles. The van der Waals surface area contributed by atoms with Crippen molar-refractivity contribution in [2.45, 2.75) is 32.3 Å². The average molecular weight is 361 g/mol. The molecule has 0 bridgehead atoms. The number of hydrogen-bond donors (Lipinski definition) is 0. The van der Waals surface area contributed by atoms with Crippen molar-refractivity contribution < 1.29 is 14.3 Å². The van der Waals surface area contributed by atoms with Crippen LogP contribution in [0.3, 0.4) is 0 Å². The summed E-state index contributed by atoms with van der Waals surface area (Å²) in [6.45, 7) is 4.22. The van der Waals surface area contributed by atoms with Gasteiger partial charge < -0.3 is 19.4 Å². The summed E-state index contributed by atoms with van der Waals surface area (Å²) in [6, 6.07) is 0. The lowest BCUT2D eigenvalue weighted by molar-refractivity contribution is -0.139. The van der Waals surface area contributed by atoms with Crippen LogP contribution in [0.4, 0.5) is 5.82 Å². The van der Waals surface area contributed by atoms with Gasteiger partial charge >= 0.3 is 0 Å². The lowest BCUT2D eigenvalue weighted by Crippen LogP contribution is -2.43. The van der Waals surface area contributed by atoms with E-state index < -0.39 is 0 Å². The summed E-state index contributed by atoms with van der Waals surface area (Å²) in [6.07, 6.45) is 5.53. The first kappa shape index (κ1) is 18.4. The molecule has 0 aromatic carbocycles. The minimum Gasteiger partial charge on any atom is -0.471 e. The Morgan fingerprint density at radius 3 is 2.46 bits per heavy atom. The predicted molar refractivity (Wildman–Crippen MR) is 97.0 cm³/mol. The first-order valence-electron chi connectivity index (χ1n) is 9.14. The summed E-state index contributed by atoms with van der Waals surface area (Å²) in [5, 5.41) is 0. The molecule has 3 heterocycles. The van der Waals surface area contributed by atoms with Gasteiger partial charge in [0.25, 0.3) is 0 Å². The van der Waals surface area contributed by atoms with Crippen LogP contribution in [0.2, 0.25) is 0 Å². The number of piperidine rings is 1. The van der Waals surface area contributed by atoms with Crippen LogP contribution < -0.4 is 9.64 Å². The molecule has 0 aliphatic carbocycles. The highest BCUT2D eigenvalue weighted by molar-refractivity contribution is 5.80. The van der Waals surface area contributed by atoms with E-state index in [1.54, 1.807) is 19.3 Å². The highest BCUT2D eigenvalue weighted by Gasteiger charge is 2.34. The molecule has 8 nitrogen and oxygen atoms in total. The van der Waals surface area contributed by atoms with Gasteiger partial charge in [0, 0.05) is 53.0 Å². The molecule has 2 aliphatic rings. The van der Waals surface area contributed by atoms with Gasteiger partial charge in [-0.05, 0) is 12.8 Å². The van der Waals surface area contributed by atoms with E-state index in [0.29, 0.717) is 32.1 Å². The van der Waals surface area contributed by atoms with Crippen molar-refractivity contribution >= 4 is 17.6 Å². The molecule has 2 fully saturated rings. The standard InChI is InChI=1S/C18H27N5O3/c1-13(24)22-7-4-14(5-8-22)18(25)23-9-6-15(12-23)26-17-11-19-10-16(20-17)21(2)3/h10-11,14-15H,4-9,12H2,1-3H3. The third-order valence-electron chi connectivity index (χ3n) is 5.09. The van der Waals surface area contributed by atoms with Gasteiger partial charge in [0.1, 0.15) is 6.10 Å². The number of hydrogen-bond acceptors (Lipinski definition) is 6. The Morgan fingerprint density at radius 2 is 1.81 bits per heavy atom. The third kappa shape index (κ3) is 4.23. The fourth-order valence-corrected chi connectivity index (χ4v) is 3.51. The van der Waals surface area contributed by atoms with Gasteiger partial charge in [0.15, 0.2) is 5.82 Å². The van der Waals surface area contributed by atoms with Gasteiger partial charge in [-0.25, -0.2) is 0 Å². The molecule has 3 rings (SSSR count). The zero-order valence-corrected chi connectivity index (χ0v) is 15.7. The van der Waals surface area contributed by atoms with Gasteiger partial charge in [0.05, 0.1) is 18.9 Å². The normalized spacial score (nSPS) is 21.0. The van der Waals surface area contributed by atoms with Crippen LogP contribution in [-0.2, 0) is 9.59 Å². The van der Waals surface area contributed by atoms with Crippen molar-refractivity contribution in [3.63, 3.8) is 0 Å². The maximum Gasteiger partial charge on any atom is 0.234 e. The van der Waals surface area contributed by atoms with Crippen molar-refractivity contribution in [1.29, 1.82) is 0 Å². The lowest BCUT2D eigenvalue weighted by Gasteiger charge is -2.32. The number of nitrogens with zero attached hydrogens (tertiary/aromatic N) is 5. The largest absolute Gasteiger partial charge is 0.471 e. The molecule has 1 unspecified atom stereocenters. The van der Waals surface area contributed by atoms with Gasteiger partial charge in [-0.3, -0.25) is 14.6 Å². The number of ether oxygens (including phenoxy) is 1. The Balaban J connectivity index is 1.51. The topological polar surface area (TPSA) is 78.9 Å². The van der Waals surface area contributed by atoms with Gasteiger partial charge in [-0.1, -0.05) is 0 Å². The zero-order chi connectivity index (χ0) is 18.7. The summed E-state index contributed by atoms with van der Waals surface area (Å²) < 4.78 is 5.94. The smallest absolute Gasteiger partial charge is 0.234 e. The Kier molecular flexibility index (Phi) is 5.58. The fourth-order valence-electron chi connectivity index (χ4n) is 3.51. The van der Waals surface area contributed by atoms with Crippen molar-refractivity contribution in [3.05, 3.63) is 12.4 Å². The first-order chi connectivity index (χ1) is 12.4. The molecule has 2 amide bonds. The van der Waals surface area contributed by atoms with E-state index in [0.717, 1.165) is 25.1 Å². The summed E-state index contributed by atoms with van der Waals surface area (Å²) in [7, 11) is 3.81. The molecule has 142 valence electrons. The van der Waals surface area contributed by atoms with Gasteiger partial charge in [-0.2, -0.15) is 4.98 Å². The van der Waals surface area contributed by atoms with E-state index in [2.05, 4.69) is 9.97 Å². The number of aromatic nitrogens is 2. The molecule has 1 aromatic rings. The maximum absolute atomic E-state index is 12.8. The molecule has 1 atom stereocenters. The highest BCUT2D eigenvalue weighted by atomic mass is 16.5. The van der Waals surface area contributed by atoms with E-state index in [4.69, 9.17) is 4.74 Å². The van der Waals surface area contributed by atoms with E-state index >= 15 is 0 Å². The fraction of sp³-hybridized carbons (Fsp3) is 0.667. The second-order valence-corrected chi connectivity index (χ2v) is 7.20. The Hall–Kier alpha value is -2.38. The van der Waals surface area contributed by atoms with Crippen molar-refractivity contribution in [1.82, 2.24) is 19.8 Å². The number of carbonyl (C=O) groups excluding carboxylic acids is 2. The zero-order valence-electron chi connectivity index (χ0n) is 15.7. The predicted octanol–water partition coefficient (Wildman–Crippen LogP) is 0.781. The van der Waals surface area contributed by atoms with Gasteiger partial charge in [-0.15, -0.1) is 0 Å². The van der Waals surface area contributed by atoms with Crippen LogP contribution in [-0.4, -0.2) is 78.0 Å². The Labute approximate surface area is 154 Å². The maximum atomic E-state index is 12.8. The van der Waals surface area contributed by atoms with Gasteiger partial charge in [0.2, 0.25) is 17.7 Å². The minimum absolute atomic E-state index is 0.0150. The lowest BCUT2D eigenvalue weighted by atomic mass is 9.95. The summed E-state index contributed by atoms with van der Waals surface area (Å²) >= 11 is 0. The number of likely N-dealkylation sites (tertiary alicyclic amines) is 2. The van der Waals surface area contributed by atoms with Crippen LogP contribution in [0, 0.1) is 5.92 Å². The van der Waals surface area contributed by atoms with Crippen LogP contribution in [0.1, 0.15) is 26.2 Å². The third-order valence-corrected chi connectivity index (χ3v) is 5.09. The van der Waals surface area contributed by atoms with Crippen molar-refractivity contribution in [2.75, 3.05) is 45.2 Å². The average Bonchev–Trinajstić information content (AvgIpc) is 3.09. The highest BCUT2D eigenvalue weighted by Crippen LogP contribution is 2.24. The van der Waals surface area contributed by atoms with E-state index in [-0.39, 0.29) is 23.8 Å². The second kappa shape index (κ2) is 7.88. The van der Waals surface area contributed by atoms with E-state index in [9.17, 15) is 9.59 Å². The molecule has 0 saturated carbocycles. The molecule has 0 radical (unpaired) electrons. The van der Waals surface area contributed by atoms with E-state index in [1.165, 1.54) is 0 Å². The van der Waals surface area contributed by atoms with Crippen LogP contribution in [0.25, 0.3) is 0 Å². The van der Waals surface area contributed by atoms with E-state index in [1.807, 2.05) is 28.8 Å². The Morgan fingerprint density at radius 1 is 1.12 bits per heavy atom. The number of carbonyl (C=O) groups is 2. The second-order valence-electron chi connectivity index (χ2n) is 7.20. The summed E-state index contributed by atoms with van der Waals surface area (Å²) in [4.78, 5) is 38.3. The molecular formula is C18H27N5O3. The molecule has 8 heteroatoms. The minimum atomic E-state index is -0.0528. The van der Waals surface area contributed by atoms with Crippen LogP contribution in [0.5, 0.6) is 5.88 Å². The first-order valence-corrected chi connectivity index (χ1v) is 9.14. The monoisotopic (exact) mass is 361 g/mol. The number of amides is 2. The molecule has 0 spiro atoms. The SMILES string of the molecule is CC(=O)N1CCC(C(=O)N2CCC(Oc3cncc(N(C)C)n3)C2)CC1. The summed E-state index contributed by atoms with van der Waals surface area (Å²) in [5.41, 5.74) is 0. The molecular weight excluding hydrogens is 334 g/mol. The molecule has 0 N–H and O–H groups in total. The van der Waals surface area contributed by atoms with Crippen LogP contribution in [0.15, 0.2) is 12.4 Å². The molecule has 2 aliphatic heterocycles. The quantitative estimate of drug-likeness (QED) is 0.789. The number of anilines is 1. The van der Waals surface area contributed by atoms with Crippen LogP contribution >= 0.6 is 0 Å². The molecule has 26 heavy (non-hydrogen) atoms. The van der Waals surface area contributed by atoms with Crippen molar-refractivity contribution in [2.24, 2.45) is 5.92 Å².